The van der Waals surface area contributed by atoms with Gasteiger partial charge in [-0.3, -0.25) is 9.79 Å². The summed E-state index contributed by atoms with van der Waals surface area (Å²) in [5.41, 5.74) is 2.73. The molecule has 4 saturated carbocycles. The Labute approximate surface area is 186 Å². The maximum atomic E-state index is 12.6. The second-order valence-corrected chi connectivity index (χ2v) is 11.2. The van der Waals surface area contributed by atoms with E-state index in [0.29, 0.717) is 30.5 Å². The van der Waals surface area contributed by atoms with E-state index in [9.17, 15) is 4.79 Å². The molecule has 5 heteroatoms. The quantitative estimate of drug-likeness (QED) is 0.579. The Bertz CT molecular complexity index is 861. The van der Waals surface area contributed by atoms with E-state index in [2.05, 4.69) is 19.0 Å². The molecule has 6 atom stereocenters. The minimum absolute atomic E-state index is 0.00629. The molecule has 0 N–H and O–H groups in total. The molecular weight excluding hydrogens is 388 g/mol. The highest BCUT2D eigenvalue weighted by molar-refractivity contribution is 5.87. The third-order valence-corrected chi connectivity index (χ3v) is 9.77. The highest BCUT2D eigenvalue weighted by atomic mass is 16.5. The van der Waals surface area contributed by atoms with Gasteiger partial charge in [-0.2, -0.15) is 0 Å². The lowest BCUT2D eigenvalue weighted by atomic mass is 9.45. The van der Waals surface area contributed by atoms with Gasteiger partial charge >= 0.3 is 0 Å². The van der Waals surface area contributed by atoms with Gasteiger partial charge < -0.3 is 9.26 Å². The number of rotatable bonds is 5. The molecule has 0 radical (unpaired) electrons. The van der Waals surface area contributed by atoms with Gasteiger partial charge in [-0.25, -0.2) is 0 Å². The van der Waals surface area contributed by atoms with E-state index in [1.165, 1.54) is 31.4 Å². The Morgan fingerprint density at radius 3 is 2.84 bits per heavy atom. The molecule has 1 aromatic heterocycles. The van der Waals surface area contributed by atoms with Crippen LogP contribution in [0.25, 0.3) is 0 Å². The van der Waals surface area contributed by atoms with Crippen LogP contribution in [0.5, 0.6) is 0 Å². The number of carbonyl (C=O) groups excluding carboxylic acids is 1. The molecule has 4 aliphatic rings. The lowest BCUT2D eigenvalue weighted by Crippen LogP contribution is -2.53. The van der Waals surface area contributed by atoms with Crippen molar-refractivity contribution in [3.05, 3.63) is 17.5 Å². The predicted molar refractivity (Wildman–Crippen MR) is 120 cm³/mol. The molecule has 4 fully saturated rings. The molecular formula is C26H38N2O3. The molecule has 170 valence electrons. The average molecular weight is 427 g/mol. The van der Waals surface area contributed by atoms with E-state index < -0.39 is 0 Å². The first-order valence-corrected chi connectivity index (χ1v) is 12.5. The number of fused-ring (bicyclic) bond motifs is 5. The number of Topliss-reactive ketones (excluding diaryl/α,β-unsaturated/α-hetero) is 1. The van der Waals surface area contributed by atoms with Crippen LogP contribution in [-0.2, 0) is 16.0 Å². The third-order valence-electron chi connectivity index (χ3n) is 9.77. The van der Waals surface area contributed by atoms with Gasteiger partial charge in [0.05, 0.1) is 12.3 Å². The Kier molecular flexibility index (Phi) is 5.60. The number of ether oxygens (including phenoxy) is 1. The van der Waals surface area contributed by atoms with Gasteiger partial charge in [-0.05, 0) is 87.4 Å². The molecule has 4 unspecified atom stereocenters. The second kappa shape index (κ2) is 8.13. The number of aromatic nitrogens is 1. The Balaban J connectivity index is 1.17. The summed E-state index contributed by atoms with van der Waals surface area (Å²) in [7, 11) is 0. The highest BCUT2D eigenvalue weighted by Gasteiger charge is 2.59. The average Bonchev–Trinajstić information content (AvgIpc) is 3.30. The maximum absolute atomic E-state index is 12.6. The maximum Gasteiger partial charge on any atom is 0.139 e. The predicted octanol–water partition coefficient (Wildman–Crippen LogP) is 5.55. The molecule has 0 aliphatic heterocycles. The Morgan fingerprint density at radius 2 is 2.03 bits per heavy atom. The van der Waals surface area contributed by atoms with Gasteiger partial charge in [0.15, 0.2) is 0 Å². The van der Waals surface area contributed by atoms with Crippen molar-refractivity contribution in [2.45, 2.75) is 85.0 Å². The summed E-state index contributed by atoms with van der Waals surface area (Å²) in [4.78, 5) is 17.4. The first kappa shape index (κ1) is 21.4. The van der Waals surface area contributed by atoms with Crippen molar-refractivity contribution in [2.24, 2.45) is 39.5 Å². The van der Waals surface area contributed by atoms with Crippen LogP contribution in [0.4, 0.5) is 0 Å². The molecule has 31 heavy (non-hydrogen) atoms. The van der Waals surface area contributed by atoms with Crippen molar-refractivity contribution in [1.82, 2.24) is 5.16 Å². The topological polar surface area (TPSA) is 64.7 Å². The number of aliphatic imine (C=N–C) groups is 1. The number of carbonyl (C=O) groups is 1. The van der Waals surface area contributed by atoms with Crippen molar-refractivity contribution in [3.8, 4) is 0 Å². The number of aryl methyl sites for hydroxylation is 1. The Hall–Kier alpha value is -1.49. The van der Waals surface area contributed by atoms with Crippen LogP contribution < -0.4 is 0 Å². The van der Waals surface area contributed by atoms with Gasteiger partial charge in [-0.15, -0.1) is 0 Å². The smallest absolute Gasteiger partial charge is 0.139 e. The molecule has 5 nitrogen and oxygen atoms in total. The number of nitrogens with zero attached hydrogens (tertiary/aromatic N) is 2. The number of hydrogen-bond acceptors (Lipinski definition) is 5. The summed E-state index contributed by atoms with van der Waals surface area (Å²) in [6.45, 7) is 7.86. The Morgan fingerprint density at radius 1 is 1.16 bits per heavy atom. The van der Waals surface area contributed by atoms with Crippen molar-refractivity contribution < 1.29 is 14.1 Å². The fourth-order valence-electron chi connectivity index (χ4n) is 7.89. The number of hydrogen-bond donors (Lipinski definition) is 0. The minimum atomic E-state index is -0.00629. The van der Waals surface area contributed by atoms with E-state index in [0.717, 1.165) is 67.7 Å². The van der Waals surface area contributed by atoms with Crippen molar-refractivity contribution in [1.29, 1.82) is 0 Å². The van der Waals surface area contributed by atoms with Crippen molar-refractivity contribution >= 4 is 11.5 Å². The molecule has 0 aromatic carbocycles. The molecule has 5 rings (SSSR count). The van der Waals surface area contributed by atoms with Crippen LogP contribution in [0, 0.1) is 41.4 Å². The lowest BCUT2D eigenvalue weighted by Gasteiger charge is -2.59. The first-order valence-electron chi connectivity index (χ1n) is 12.5. The zero-order valence-electron chi connectivity index (χ0n) is 19.5. The summed E-state index contributed by atoms with van der Waals surface area (Å²) in [6.07, 6.45) is 11.3. The molecule has 0 bridgehead atoms. The zero-order valence-corrected chi connectivity index (χ0v) is 19.5. The second-order valence-electron chi connectivity index (χ2n) is 11.2. The van der Waals surface area contributed by atoms with Crippen LogP contribution >= 0.6 is 0 Å². The first-order chi connectivity index (χ1) is 14.9. The van der Waals surface area contributed by atoms with Crippen LogP contribution in [-0.4, -0.2) is 30.0 Å². The van der Waals surface area contributed by atoms with E-state index in [1.807, 2.05) is 13.0 Å². The number of ketones is 1. The van der Waals surface area contributed by atoms with Gasteiger partial charge in [0.2, 0.25) is 0 Å². The molecule has 0 spiro atoms. The van der Waals surface area contributed by atoms with E-state index in [-0.39, 0.29) is 5.41 Å². The van der Waals surface area contributed by atoms with E-state index in [1.54, 1.807) is 0 Å². The van der Waals surface area contributed by atoms with Gasteiger partial charge in [-0.1, -0.05) is 19.0 Å². The van der Waals surface area contributed by atoms with E-state index >= 15 is 0 Å². The fourth-order valence-corrected chi connectivity index (χ4v) is 7.89. The van der Waals surface area contributed by atoms with Crippen LogP contribution in [0.15, 0.2) is 15.6 Å². The van der Waals surface area contributed by atoms with Crippen molar-refractivity contribution in [2.75, 3.05) is 13.3 Å². The molecule has 4 aliphatic carbocycles. The summed E-state index contributed by atoms with van der Waals surface area (Å²) in [6, 6.07) is 1.96. The molecule has 0 amide bonds. The highest BCUT2D eigenvalue weighted by Crippen LogP contribution is 2.65. The molecule has 1 aromatic rings. The van der Waals surface area contributed by atoms with E-state index in [4.69, 9.17) is 14.3 Å². The standard InChI is InChI=1S/C26H38N2O3/c1-17-14-20(28-31-17)10-13-30-16-27-19-8-11-25(2)18(15-19)4-5-21-22-6-7-24(29)26(22,3)12-9-23(21)25/h14,18,21-23H,4-13,15-16H2,1-3H3/b27-19-/t18?,21?,22?,23?,25-,26-/m0/s1. The summed E-state index contributed by atoms with van der Waals surface area (Å²) < 4.78 is 10.9. The summed E-state index contributed by atoms with van der Waals surface area (Å²) >= 11 is 0. The normalized spacial score (nSPS) is 41.1. The van der Waals surface area contributed by atoms with Gasteiger partial charge in [0.25, 0.3) is 0 Å². The summed E-state index contributed by atoms with van der Waals surface area (Å²) in [5.74, 6) is 4.37. The van der Waals surface area contributed by atoms with Crippen LogP contribution in [0.1, 0.15) is 83.1 Å². The lowest BCUT2D eigenvalue weighted by molar-refractivity contribution is -0.136. The monoisotopic (exact) mass is 426 g/mol. The summed E-state index contributed by atoms with van der Waals surface area (Å²) in [5, 5.41) is 4.01. The minimum Gasteiger partial charge on any atom is -0.361 e. The van der Waals surface area contributed by atoms with Crippen LogP contribution in [0.2, 0.25) is 0 Å². The SMILES string of the molecule is Cc1cc(CCOC/N=C2/CC[C@@]3(C)C(CCC4C3CC[C@]3(C)C(=O)CCC43)C2)no1. The van der Waals surface area contributed by atoms with Crippen LogP contribution in [0.3, 0.4) is 0 Å². The molecule has 1 heterocycles. The zero-order chi connectivity index (χ0) is 21.6. The van der Waals surface area contributed by atoms with Gasteiger partial charge in [0.1, 0.15) is 18.3 Å². The largest absolute Gasteiger partial charge is 0.361 e. The van der Waals surface area contributed by atoms with Gasteiger partial charge in [0, 0.05) is 30.0 Å². The fraction of sp³-hybridized carbons (Fsp3) is 0.808. The van der Waals surface area contributed by atoms with Crippen molar-refractivity contribution in [3.63, 3.8) is 0 Å². The third kappa shape index (κ3) is 3.71. The molecule has 0 saturated heterocycles.